The van der Waals surface area contributed by atoms with Crippen molar-refractivity contribution in [3.8, 4) is 5.75 Å². The molecule has 1 amide bonds. The van der Waals surface area contributed by atoms with Gasteiger partial charge in [-0.25, -0.2) is 9.18 Å². The summed E-state index contributed by atoms with van der Waals surface area (Å²) in [7, 11) is 0. The normalized spacial score (nSPS) is 10.6. The molecule has 25 heavy (non-hydrogen) atoms. The third-order valence-electron chi connectivity index (χ3n) is 3.32. The lowest BCUT2D eigenvalue weighted by atomic mass is 10.2. The Labute approximate surface area is 146 Å². The van der Waals surface area contributed by atoms with Crippen LogP contribution in [-0.4, -0.2) is 18.9 Å². The molecule has 0 aliphatic carbocycles. The summed E-state index contributed by atoms with van der Waals surface area (Å²) < 4.78 is 18.4. The Balaban J connectivity index is 1.75. The largest absolute Gasteiger partial charge is 0.494 e. The summed E-state index contributed by atoms with van der Waals surface area (Å²) in [5, 5.41) is 6.11. The van der Waals surface area contributed by atoms with Crippen LogP contribution in [0, 0.1) is 5.82 Å². The first kappa shape index (κ1) is 18.4. The number of amides is 1. The first-order chi connectivity index (χ1) is 12.2. The molecule has 0 atom stereocenters. The van der Waals surface area contributed by atoms with Crippen LogP contribution in [0.3, 0.4) is 0 Å². The fraction of sp³-hybridized carbons (Fsp3) is 0.263. The molecule has 2 rings (SSSR count). The third-order valence-corrected chi connectivity index (χ3v) is 3.32. The second kappa shape index (κ2) is 10.1. The van der Waals surface area contributed by atoms with Crippen LogP contribution < -0.4 is 10.1 Å². The van der Waals surface area contributed by atoms with Gasteiger partial charge in [0.1, 0.15) is 11.6 Å². The van der Waals surface area contributed by atoms with E-state index in [1.54, 1.807) is 24.3 Å². The topological polar surface area (TPSA) is 59.9 Å². The minimum atomic E-state index is -0.713. The highest BCUT2D eigenvalue weighted by atomic mass is 19.1. The molecule has 0 saturated carbocycles. The van der Waals surface area contributed by atoms with E-state index in [1.165, 1.54) is 30.5 Å². The minimum absolute atomic E-state index is 0.339. The van der Waals surface area contributed by atoms with Gasteiger partial charge in [-0.05, 0) is 48.4 Å². The number of benzene rings is 2. The van der Waals surface area contributed by atoms with Crippen molar-refractivity contribution in [2.24, 2.45) is 5.16 Å². The Morgan fingerprint density at radius 2 is 1.84 bits per heavy atom. The van der Waals surface area contributed by atoms with Gasteiger partial charge in [0, 0.05) is 5.69 Å². The number of nitrogens with zero attached hydrogens (tertiary/aromatic N) is 1. The Kier molecular flexibility index (Phi) is 7.43. The Bertz CT molecular complexity index is 685. The molecule has 0 heterocycles. The van der Waals surface area contributed by atoms with E-state index in [1.807, 2.05) is 0 Å². The van der Waals surface area contributed by atoms with Crippen LogP contribution in [0.5, 0.6) is 5.75 Å². The second-order valence-electron chi connectivity index (χ2n) is 5.37. The van der Waals surface area contributed by atoms with Crippen molar-refractivity contribution >= 4 is 18.0 Å². The smallest absolute Gasteiger partial charge is 0.437 e. The van der Waals surface area contributed by atoms with Crippen LogP contribution in [0.25, 0.3) is 0 Å². The quantitative estimate of drug-likeness (QED) is 0.318. The van der Waals surface area contributed by atoms with E-state index in [0.717, 1.165) is 25.0 Å². The van der Waals surface area contributed by atoms with Gasteiger partial charge in [0.25, 0.3) is 0 Å². The summed E-state index contributed by atoms with van der Waals surface area (Å²) in [5.41, 5.74) is 1.20. The number of carbonyl (C=O) groups excluding carboxylic acids is 1. The number of rotatable bonds is 8. The van der Waals surface area contributed by atoms with E-state index in [2.05, 4.69) is 17.4 Å². The van der Waals surface area contributed by atoms with Crippen LogP contribution >= 0.6 is 0 Å². The second-order valence-corrected chi connectivity index (χ2v) is 5.37. The van der Waals surface area contributed by atoms with E-state index >= 15 is 0 Å². The van der Waals surface area contributed by atoms with Crippen LogP contribution in [0.15, 0.2) is 53.7 Å². The summed E-state index contributed by atoms with van der Waals surface area (Å²) in [6.07, 6.45) is 3.93. The average Bonchev–Trinajstić information content (AvgIpc) is 2.62. The number of halogens is 1. The van der Waals surface area contributed by atoms with Gasteiger partial charge in [0.15, 0.2) is 0 Å². The van der Waals surface area contributed by atoms with Crippen molar-refractivity contribution in [1.82, 2.24) is 0 Å². The Morgan fingerprint density at radius 3 is 2.52 bits per heavy atom. The van der Waals surface area contributed by atoms with Gasteiger partial charge in [0.05, 0.1) is 12.8 Å². The van der Waals surface area contributed by atoms with Gasteiger partial charge in [-0.2, -0.15) is 0 Å². The molecular formula is C19H21FN2O3. The van der Waals surface area contributed by atoms with Gasteiger partial charge in [-0.3, -0.25) is 10.2 Å². The molecule has 0 aliphatic rings. The molecule has 132 valence electrons. The molecule has 5 nitrogen and oxygen atoms in total. The Hall–Kier alpha value is -2.89. The fourth-order valence-corrected chi connectivity index (χ4v) is 2.00. The highest BCUT2D eigenvalue weighted by Gasteiger charge is 2.03. The molecule has 0 spiro atoms. The molecule has 0 aromatic heterocycles. The van der Waals surface area contributed by atoms with Gasteiger partial charge < -0.3 is 4.74 Å². The minimum Gasteiger partial charge on any atom is -0.494 e. The van der Waals surface area contributed by atoms with Crippen LogP contribution in [0.2, 0.25) is 0 Å². The molecule has 0 bridgehead atoms. The number of carbonyl (C=O) groups is 1. The van der Waals surface area contributed by atoms with Crippen LogP contribution in [0.4, 0.5) is 14.9 Å². The molecule has 2 aromatic carbocycles. The maximum atomic E-state index is 12.8. The first-order valence-electron chi connectivity index (χ1n) is 8.17. The first-order valence-corrected chi connectivity index (χ1v) is 8.17. The standard InChI is InChI=1S/C19H21FN2O3/c1-2-3-4-13-24-18-11-9-17(10-12-18)22-19(23)25-21-14-15-5-7-16(20)8-6-15/h5-12,14H,2-4,13H2,1H3,(H,22,23). The lowest BCUT2D eigenvalue weighted by Crippen LogP contribution is -2.10. The highest BCUT2D eigenvalue weighted by Crippen LogP contribution is 2.16. The van der Waals surface area contributed by atoms with E-state index in [-0.39, 0.29) is 5.82 Å². The molecule has 6 heteroatoms. The summed E-state index contributed by atoms with van der Waals surface area (Å²) in [6, 6.07) is 12.7. The average molecular weight is 344 g/mol. The van der Waals surface area contributed by atoms with Gasteiger partial charge in [-0.1, -0.05) is 37.1 Å². The zero-order valence-corrected chi connectivity index (χ0v) is 14.1. The molecule has 1 N–H and O–H groups in total. The number of hydrogen-bond acceptors (Lipinski definition) is 4. The van der Waals surface area contributed by atoms with Crippen molar-refractivity contribution in [2.75, 3.05) is 11.9 Å². The van der Waals surface area contributed by atoms with Crippen LogP contribution in [-0.2, 0) is 4.84 Å². The molecule has 0 radical (unpaired) electrons. The fourth-order valence-electron chi connectivity index (χ4n) is 2.00. The van der Waals surface area contributed by atoms with Crippen LogP contribution in [0.1, 0.15) is 31.7 Å². The van der Waals surface area contributed by atoms with E-state index in [9.17, 15) is 9.18 Å². The van der Waals surface area contributed by atoms with Gasteiger partial charge in [0.2, 0.25) is 0 Å². The van der Waals surface area contributed by atoms with E-state index in [4.69, 9.17) is 9.57 Å². The Morgan fingerprint density at radius 1 is 1.12 bits per heavy atom. The third kappa shape index (κ3) is 7.03. The van der Waals surface area contributed by atoms with Crippen molar-refractivity contribution in [3.63, 3.8) is 0 Å². The number of anilines is 1. The van der Waals surface area contributed by atoms with E-state index in [0.29, 0.717) is 17.9 Å². The highest BCUT2D eigenvalue weighted by molar-refractivity contribution is 5.85. The molecule has 0 saturated heterocycles. The maximum Gasteiger partial charge on any atom is 0.437 e. The van der Waals surface area contributed by atoms with Crippen molar-refractivity contribution in [2.45, 2.75) is 26.2 Å². The zero-order valence-electron chi connectivity index (χ0n) is 14.1. The number of nitrogens with one attached hydrogen (secondary N) is 1. The lowest BCUT2D eigenvalue weighted by Gasteiger charge is -2.07. The summed E-state index contributed by atoms with van der Waals surface area (Å²) in [5.74, 6) is 0.415. The maximum absolute atomic E-state index is 12.8. The summed E-state index contributed by atoms with van der Waals surface area (Å²) in [4.78, 5) is 16.3. The SMILES string of the molecule is CCCCCOc1ccc(NC(=O)ON=Cc2ccc(F)cc2)cc1. The molecular weight excluding hydrogens is 323 g/mol. The summed E-state index contributed by atoms with van der Waals surface area (Å²) in [6.45, 7) is 2.82. The molecule has 2 aromatic rings. The van der Waals surface area contributed by atoms with Gasteiger partial charge in [-0.15, -0.1) is 0 Å². The zero-order chi connectivity index (χ0) is 17.9. The predicted molar refractivity (Wildman–Crippen MR) is 95.6 cm³/mol. The molecule has 0 fully saturated rings. The van der Waals surface area contributed by atoms with Crippen molar-refractivity contribution in [1.29, 1.82) is 0 Å². The lowest BCUT2D eigenvalue weighted by molar-refractivity contribution is 0.167. The summed E-state index contributed by atoms with van der Waals surface area (Å²) >= 11 is 0. The van der Waals surface area contributed by atoms with Gasteiger partial charge >= 0.3 is 6.09 Å². The molecule has 0 unspecified atom stereocenters. The predicted octanol–water partition coefficient (Wildman–Crippen LogP) is 4.98. The van der Waals surface area contributed by atoms with Crippen molar-refractivity contribution < 1.29 is 18.8 Å². The van der Waals surface area contributed by atoms with Crippen molar-refractivity contribution in [3.05, 3.63) is 59.9 Å². The van der Waals surface area contributed by atoms with E-state index < -0.39 is 6.09 Å². The molecule has 0 aliphatic heterocycles. The monoisotopic (exact) mass is 344 g/mol. The number of unbranched alkanes of at least 4 members (excludes halogenated alkanes) is 2. The number of oxime groups is 1. The number of ether oxygens (including phenoxy) is 1. The number of hydrogen-bond donors (Lipinski definition) is 1.